The van der Waals surface area contributed by atoms with Crippen LogP contribution in [0, 0.1) is 5.92 Å². The number of benzene rings is 1. The Morgan fingerprint density at radius 2 is 2.04 bits per heavy atom. The minimum Gasteiger partial charge on any atom is -0.361 e. The number of hydrogen-bond acceptors (Lipinski definition) is 4. The zero-order valence-corrected chi connectivity index (χ0v) is 14.0. The Balaban J connectivity index is 1.41. The van der Waals surface area contributed by atoms with Gasteiger partial charge in [0, 0.05) is 19.6 Å². The maximum Gasteiger partial charge on any atom is 0.427 e. The molecule has 1 unspecified atom stereocenters. The summed E-state index contributed by atoms with van der Waals surface area (Å²) < 4.78 is 37.7. The summed E-state index contributed by atoms with van der Waals surface area (Å²) in [5.41, 5.74) is 1.33. The smallest absolute Gasteiger partial charge is 0.361 e. The molecule has 0 spiro atoms. The van der Waals surface area contributed by atoms with Gasteiger partial charge in [0.1, 0.15) is 4.88 Å². The van der Waals surface area contributed by atoms with E-state index < -0.39 is 11.1 Å². The molecule has 0 bridgehead atoms. The largest absolute Gasteiger partial charge is 0.427 e. The van der Waals surface area contributed by atoms with Gasteiger partial charge < -0.3 is 10.2 Å². The fourth-order valence-electron chi connectivity index (χ4n) is 2.93. The van der Waals surface area contributed by atoms with Gasteiger partial charge in [-0.15, -0.1) is 0 Å². The fourth-order valence-corrected chi connectivity index (χ4v) is 3.62. The number of hydrogen-bond donors (Lipinski definition) is 1. The van der Waals surface area contributed by atoms with Crippen LogP contribution in [0.5, 0.6) is 0 Å². The zero-order valence-electron chi connectivity index (χ0n) is 13.2. The first-order valence-electron chi connectivity index (χ1n) is 8.04. The molecule has 0 aliphatic carbocycles. The molecular formula is C17H20F3N3S. The molecule has 0 saturated carbocycles. The van der Waals surface area contributed by atoms with E-state index in [0.717, 1.165) is 38.7 Å². The molecule has 3 nitrogen and oxygen atoms in total. The number of nitrogens with zero attached hydrogens (tertiary/aromatic N) is 2. The van der Waals surface area contributed by atoms with E-state index in [-0.39, 0.29) is 0 Å². The normalized spacial score (nSPS) is 18.9. The zero-order chi connectivity index (χ0) is 17.0. The van der Waals surface area contributed by atoms with E-state index in [9.17, 15) is 13.2 Å². The molecule has 3 rings (SSSR count). The third-order valence-corrected chi connectivity index (χ3v) is 5.26. The average Bonchev–Trinajstić information content (AvgIpc) is 3.21. The van der Waals surface area contributed by atoms with Crippen LogP contribution in [0.1, 0.15) is 16.9 Å². The van der Waals surface area contributed by atoms with Crippen LogP contribution in [0.3, 0.4) is 0 Å². The lowest BCUT2D eigenvalue weighted by Crippen LogP contribution is -2.25. The Kier molecular flexibility index (Phi) is 5.40. The summed E-state index contributed by atoms with van der Waals surface area (Å²) in [4.78, 5) is 5.58. The Morgan fingerprint density at radius 1 is 1.25 bits per heavy atom. The SMILES string of the molecule is FC(F)(F)c1cnc(NCC2CCN(CCc3ccccc3)C2)s1. The molecule has 0 amide bonds. The van der Waals surface area contributed by atoms with Gasteiger partial charge in [0.05, 0.1) is 6.20 Å². The molecule has 2 heterocycles. The molecule has 1 aliphatic rings. The summed E-state index contributed by atoms with van der Waals surface area (Å²) in [6.07, 6.45) is -1.31. The summed E-state index contributed by atoms with van der Waals surface area (Å²) >= 11 is 0.671. The average molecular weight is 355 g/mol. The van der Waals surface area contributed by atoms with E-state index >= 15 is 0 Å². The summed E-state index contributed by atoms with van der Waals surface area (Å²) in [6, 6.07) is 10.4. The van der Waals surface area contributed by atoms with Gasteiger partial charge in [-0.1, -0.05) is 41.7 Å². The lowest BCUT2D eigenvalue weighted by molar-refractivity contribution is -0.134. The van der Waals surface area contributed by atoms with E-state index in [1.807, 2.05) is 6.07 Å². The Morgan fingerprint density at radius 3 is 2.75 bits per heavy atom. The van der Waals surface area contributed by atoms with Crippen LogP contribution in [-0.4, -0.2) is 36.1 Å². The minimum atomic E-state index is -4.31. The summed E-state index contributed by atoms with van der Waals surface area (Å²) in [5, 5.41) is 3.41. The van der Waals surface area contributed by atoms with Crippen LogP contribution >= 0.6 is 11.3 Å². The molecule has 1 aromatic carbocycles. The topological polar surface area (TPSA) is 28.2 Å². The first-order valence-corrected chi connectivity index (χ1v) is 8.85. The summed E-state index contributed by atoms with van der Waals surface area (Å²) in [7, 11) is 0. The van der Waals surface area contributed by atoms with Crippen molar-refractivity contribution in [3.05, 3.63) is 47.0 Å². The van der Waals surface area contributed by atoms with Gasteiger partial charge in [-0.3, -0.25) is 0 Å². The number of nitrogens with one attached hydrogen (secondary N) is 1. The number of likely N-dealkylation sites (tertiary alicyclic amines) is 1. The van der Waals surface area contributed by atoms with E-state index in [1.165, 1.54) is 5.56 Å². The molecule has 1 aliphatic heterocycles. The molecule has 1 fully saturated rings. The number of halogens is 3. The van der Waals surface area contributed by atoms with Gasteiger partial charge in [0.25, 0.3) is 0 Å². The van der Waals surface area contributed by atoms with Crippen LogP contribution in [-0.2, 0) is 12.6 Å². The molecule has 1 saturated heterocycles. The van der Waals surface area contributed by atoms with Gasteiger partial charge in [-0.2, -0.15) is 13.2 Å². The van der Waals surface area contributed by atoms with Gasteiger partial charge in [0.15, 0.2) is 5.13 Å². The summed E-state index contributed by atoms with van der Waals surface area (Å²) in [6.45, 7) is 3.73. The Hall–Kier alpha value is -1.60. The first kappa shape index (κ1) is 17.2. The number of anilines is 1. The van der Waals surface area contributed by atoms with Crippen molar-refractivity contribution in [1.82, 2.24) is 9.88 Å². The standard InChI is InChI=1S/C17H20F3N3S/c18-17(19,20)15-11-22-16(24-15)21-10-14-7-9-23(12-14)8-6-13-4-2-1-3-5-13/h1-5,11,14H,6-10,12H2,(H,21,22). The van der Waals surface area contributed by atoms with Crippen molar-refractivity contribution in [3.63, 3.8) is 0 Å². The second-order valence-electron chi connectivity index (χ2n) is 6.10. The van der Waals surface area contributed by atoms with Crippen molar-refractivity contribution in [2.75, 3.05) is 31.5 Å². The lowest BCUT2D eigenvalue weighted by Gasteiger charge is -2.16. The third kappa shape index (κ3) is 4.70. The van der Waals surface area contributed by atoms with E-state index in [2.05, 4.69) is 39.5 Å². The number of thiazole rings is 1. The lowest BCUT2D eigenvalue weighted by atomic mass is 10.1. The second kappa shape index (κ2) is 7.53. The van der Waals surface area contributed by atoms with Crippen molar-refractivity contribution < 1.29 is 13.2 Å². The van der Waals surface area contributed by atoms with E-state index in [0.29, 0.717) is 28.9 Å². The molecule has 1 aromatic heterocycles. The number of rotatable bonds is 6. The Bertz CT molecular complexity index is 642. The molecule has 24 heavy (non-hydrogen) atoms. The van der Waals surface area contributed by atoms with Crippen molar-refractivity contribution >= 4 is 16.5 Å². The maximum absolute atomic E-state index is 12.6. The van der Waals surface area contributed by atoms with Gasteiger partial charge >= 0.3 is 6.18 Å². The monoisotopic (exact) mass is 355 g/mol. The highest BCUT2D eigenvalue weighted by atomic mass is 32.1. The van der Waals surface area contributed by atoms with Crippen LogP contribution < -0.4 is 5.32 Å². The third-order valence-electron chi connectivity index (χ3n) is 4.26. The Labute approximate surface area is 143 Å². The molecule has 1 atom stereocenters. The second-order valence-corrected chi connectivity index (χ2v) is 7.13. The van der Waals surface area contributed by atoms with Crippen molar-refractivity contribution in [2.24, 2.45) is 5.92 Å². The highest BCUT2D eigenvalue weighted by Gasteiger charge is 2.33. The van der Waals surface area contributed by atoms with Crippen molar-refractivity contribution in [2.45, 2.75) is 19.0 Å². The highest BCUT2D eigenvalue weighted by molar-refractivity contribution is 7.15. The van der Waals surface area contributed by atoms with Gasteiger partial charge in [-0.25, -0.2) is 4.98 Å². The van der Waals surface area contributed by atoms with Crippen LogP contribution in [0.2, 0.25) is 0 Å². The highest BCUT2D eigenvalue weighted by Crippen LogP contribution is 2.35. The molecule has 0 radical (unpaired) electrons. The summed E-state index contributed by atoms with van der Waals surface area (Å²) in [5.74, 6) is 0.457. The predicted molar refractivity (Wildman–Crippen MR) is 90.3 cm³/mol. The van der Waals surface area contributed by atoms with Gasteiger partial charge in [0.2, 0.25) is 0 Å². The number of alkyl halides is 3. The van der Waals surface area contributed by atoms with E-state index in [1.54, 1.807) is 0 Å². The van der Waals surface area contributed by atoms with Gasteiger partial charge in [-0.05, 0) is 30.9 Å². The number of aromatic nitrogens is 1. The molecule has 130 valence electrons. The quantitative estimate of drug-likeness (QED) is 0.844. The molecule has 7 heteroatoms. The van der Waals surface area contributed by atoms with Crippen LogP contribution in [0.4, 0.5) is 18.3 Å². The molecule has 1 N–H and O–H groups in total. The minimum absolute atomic E-state index is 0.352. The van der Waals surface area contributed by atoms with E-state index in [4.69, 9.17) is 0 Å². The predicted octanol–water partition coefficient (Wildman–Crippen LogP) is 4.14. The van der Waals surface area contributed by atoms with Crippen molar-refractivity contribution in [1.29, 1.82) is 0 Å². The van der Waals surface area contributed by atoms with Crippen LogP contribution in [0.15, 0.2) is 36.5 Å². The fraction of sp³-hybridized carbons (Fsp3) is 0.471. The maximum atomic E-state index is 12.6. The van der Waals surface area contributed by atoms with Crippen molar-refractivity contribution in [3.8, 4) is 0 Å². The molecular weight excluding hydrogens is 335 g/mol. The first-order chi connectivity index (χ1) is 11.5. The van der Waals surface area contributed by atoms with Crippen LogP contribution in [0.25, 0.3) is 0 Å². The molecule has 2 aromatic rings.